The maximum absolute atomic E-state index is 6.23. The summed E-state index contributed by atoms with van der Waals surface area (Å²) >= 11 is 0. The second-order valence-corrected chi connectivity index (χ2v) is 6.98. The van der Waals surface area contributed by atoms with Gasteiger partial charge in [0.1, 0.15) is 5.75 Å². The van der Waals surface area contributed by atoms with E-state index < -0.39 is 0 Å². The molecule has 2 atom stereocenters. The van der Waals surface area contributed by atoms with E-state index in [2.05, 4.69) is 44.9 Å². The zero-order valence-electron chi connectivity index (χ0n) is 13.4. The zero-order valence-corrected chi connectivity index (χ0v) is 13.4. The number of hydrogen-bond acceptors (Lipinski definition) is 3. The van der Waals surface area contributed by atoms with E-state index in [1.807, 2.05) is 12.1 Å². The minimum atomic E-state index is 0.0120. The number of benzene rings is 1. The molecule has 0 saturated heterocycles. The molecule has 2 N–H and O–H groups in total. The lowest BCUT2D eigenvalue weighted by Crippen LogP contribution is -2.54. The Balaban J connectivity index is 2.42. The van der Waals surface area contributed by atoms with Gasteiger partial charge in [-0.05, 0) is 36.3 Å². The molecule has 2 unspecified atom stereocenters. The molecular formula is C17H28N2O. The summed E-state index contributed by atoms with van der Waals surface area (Å²) in [6.07, 6.45) is 2.33. The molecule has 0 radical (unpaired) electrons. The number of nitrogens with two attached hydrogens (primary N) is 1. The van der Waals surface area contributed by atoms with Gasteiger partial charge in [0, 0.05) is 13.6 Å². The first-order chi connectivity index (χ1) is 9.36. The van der Waals surface area contributed by atoms with Crippen molar-refractivity contribution in [2.45, 2.75) is 39.2 Å². The Morgan fingerprint density at radius 2 is 2.00 bits per heavy atom. The summed E-state index contributed by atoms with van der Waals surface area (Å²) in [6, 6.07) is 8.20. The Bertz CT molecular complexity index is 472. The Kier molecular flexibility index (Phi) is 4.01. The van der Waals surface area contributed by atoms with Gasteiger partial charge < -0.3 is 15.4 Å². The third kappa shape index (κ3) is 2.39. The second kappa shape index (κ2) is 5.28. The largest absolute Gasteiger partial charge is 0.495 e. The van der Waals surface area contributed by atoms with Gasteiger partial charge in [0.15, 0.2) is 0 Å². The average Bonchev–Trinajstić information content (AvgIpc) is 2.67. The normalized spacial score (nSPS) is 28.4. The van der Waals surface area contributed by atoms with Gasteiger partial charge in [-0.3, -0.25) is 0 Å². The molecule has 1 aromatic rings. The van der Waals surface area contributed by atoms with Crippen LogP contribution in [0.4, 0.5) is 5.69 Å². The molecule has 0 heterocycles. The molecule has 1 aliphatic rings. The summed E-state index contributed by atoms with van der Waals surface area (Å²) in [5, 5.41) is 0. The number of nitrogens with zero attached hydrogens (tertiary/aromatic N) is 1. The fraction of sp³-hybridized carbons (Fsp3) is 0.647. The maximum Gasteiger partial charge on any atom is 0.142 e. The summed E-state index contributed by atoms with van der Waals surface area (Å²) in [6.45, 7) is 7.69. The fourth-order valence-electron chi connectivity index (χ4n) is 4.10. The smallest absolute Gasteiger partial charge is 0.142 e. The van der Waals surface area contributed by atoms with Crippen molar-refractivity contribution in [1.29, 1.82) is 0 Å². The summed E-state index contributed by atoms with van der Waals surface area (Å²) in [5.41, 5.74) is 7.71. The minimum absolute atomic E-state index is 0.0120. The molecule has 1 fully saturated rings. The highest BCUT2D eigenvalue weighted by molar-refractivity contribution is 5.60. The van der Waals surface area contributed by atoms with Crippen molar-refractivity contribution < 1.29 is 4.74 Å². The number of methoxy groups -OCH3 is 1. The van der Waals surface area contributed by atoms with Crippen LogP contribution < -0.4 is 15.4 Å². The van der Waals surface area contributed by atoms with E-state index >= 15 is 0 Å². The lowest BCUT2D eigenvalue weighted by Gasteiger charge is -2.44. The van der Waals surface area contributed by atoms with Gasteiger partial charge in [0.25, 0.3) is 0 Å². The molecule has 0 aliphatic heterocycles. The molecule has 0 spiro atoms. The quantitative estimate of drug-likeness (QED) is 0.917. The van der Waals surface area contributed by atoms with Crippen LogP contribution in [0.25, 0.3) is 0 Å². The number of likely N-dealkylation sites (N-methyl/N-ethyl adjacent to an activating group) is 1. The molecule has 1 saturated carbocycles. The Hall–Kier alpha value is -1.22. The second-order valence-electron chi connectivity index (χ2n) is 6.98. The van der Waals surface area contributed by atoms with Gasteiger partial charge in [0.2, 0.25) is 0 Å². The standard InChI is InChI=1S/C17H28N2O/c1-13-10-16(2,3)11-17(13,12-18)19(4)14-8-6-7-9-15(14)20-5/h6-9,13H,10-12,18H2,1-5H3. The molecule has 3 heteroatoms. The van der Waals surface area contributed by atoms with Crippen LogP contribution in [0.2, 0.25) is 0 Å². The number of rotatable bonds is 4. The van der Waals surface area contributed by atoms with Gasteiger partial charge in [-0.25, -0.2) is 0 Å². The Labute approximate surface area is 123 Å². The van der Waals surface area contributed by atoms with E-state index in [0.29, 0.717) is 17.9 Å². The number of ether oxygens (including phenoxy) is 1. The molecule has 2 rings (SSSR count). The number of hydrogen-bond donors (Lipinski definition) is 1. The van der Waals surface area contributed by atoms with Crippen LogP contribution in [-0.2, 0) is 0 Å². The maximum atomic E-state index is 6.23. The van der Waals surface area contributed by atoms with Crippen LogP contribution in [0.1, 0.15) is 33.6 Å². The van der Waals surface area contributed by atoms with E-state index in [-0.39, 0.29) is 5.54 Å². The summed E-state index contributed by atoms with van der Waals surface area (Å²) in [5.74, 6) is 1.48. The highest BCUT2D eigenvalue weighted by Gasteiger charge is 2.50. The molecule has 3 nitrogen and oxygen atoms in total. The van der Waals surface area contributed by atoms with Gasteiger partial charge in [-0.2, -0.15) is 0 Å². The predicted molar refractivity (Wildman–Crippen MR) is 85.4 cm³/mol. The van der Waals surface area contributed by atoms with Crippen LogP contribution in [-0.4, -0.2) is 26.2 Å². The lowest BCUT2D eigenvalue weighted by atomic mass is 9.84. The number of anilines is 1. The van der Waals surface area contributed by atoms with E-state index in [0.717, 1.165) is 17.9 Å². The molecule has 1 aliphatic carbocycles. The van der Waals surface area contributed by atoms with Crippen LogP contribution >= 0.6 is 0 Å². The molecule has 20 heavy (non-hydrogen) atoms. The van der Waals surface area contributed by atoms with E-state index in [1.165, 1.54) is 6.42 Å². The van der Waals surface area contributed by atoms with Gasteiger partial charge in [0.05, 0.1) is 18.3 Å². The van der Waals surface area contributed by atoms with Crippen LogP contribution in [0, 0.1) is 11.3 Å². The van der Waals surface area contributed by atoms with E-state index in [1.54, 1.807) is 7.11 Å². The summed E-state index contributed by atoms with van der Waals surface area (Å²) in [4.78, 5) is 2.35. The molecule has 1 aromatic carbocycles. The summed E-state index contributed by atoms with van der Waals surface area (Å²) in [7, 11) is 3.88. The van der Waals surface area contributed by atoms with Crippen molar-refractivity contribution in [3.05, 3.63) is 24.3 Å². The first-order valence-corrected chi connectivity index (χ1v) is 7.43. The lowest BCUT2D eigenvalue weighted by molar-refractivity contribution is 0.312. The first-order valence-electron chi connectivity index (χ1n) is 7.43. The molecule has 0 aromatic heterocycles. The van der Waals surface area contributed by atoms with Crippen molar-refractivity contribution in [3.63, 3.8) is 0 Å². The van der Waals surface area contributed by atoms with Gasteiger partial charge >= 0.3 is 0 Å². The molecule has 112 valence electrons. The molecule has 0 bridgehead atoms. The van der Waals surface area contributed by atoms with E-state index in [9.17, 15) is 0 Å². The summed E-state index contributed by atoms with van der Waals surface area (Å²) < 4.78 is 5.52. The van der Waals surface area contributed by atoms with Crippen molar-refractivity contribution in [2.75, 3.05) is 25.6 Å². The van der Waals surface area contributed by atoms with Crippen LogP contribution in [0.3, 0.4) is 0 Å². The van der Waals surface area contributed by atoms with Crippen LogP contribution in [0.15, 0.2) is 24.3 Å². The van der Waals surface area contributed by atoms with Crippen molar-refractivity contribution in [3.8, 4) is 5.75 Å². The van der Waals surface area contributed by atoms with Gasteiger partial charge in [-0.15, -0.1) is 0 Å². The SMILES string of the molecule is COc1ccccc1N(C)C1(CN)CC(C)(C)CC1C. The highest BCUT2D eigenvalue weighted by Crippen LogP contribution is 2.51. The topological polar surface area (TPSA) is 38.5 Å². The Morgan fingerprint density at radius 3 is 2.50 bits per heavy atom. The highest BCUT2D eigenvalue weighted by atomic mass is 16.5. The minimum Gasteiger partial charge on any atom is -0.495 e. The molecular weight excluding hydrogens is 248 g/mol. The number of para-hydroxylation sites is 2. The predicted octanol–water partition coefficient (Wildman–Crippen LogP) is 3.29. The van der Waals surface area contributed by atoms with Crippen LogP contribution in [0.5, 0.6) is 5.75 Å². The third-order valence-electron chi connectivity index (χ3n) is 5.03. The van der Waals surface area contributed by atoms with Crippen molar-refractivity contribution in [2.24, 2.45) is 17.1 Å². The average molecular weight is 276 g/mol. The van der Waals surface area contributed by atoms with Crippen molar-refractivity contribution in [1.82, 2.24) is 0 Å². The third-order valence-corrected chi connectivity index (χ3v) is 5.03. The van der Waals surface area contributed by atoms with E-state index in [4.69, 9.17) is 10.5 Å². The van der Waals surface area contributed by atoms with Gasteiger partial charge in [-0.1, -0.05) is 32.9 Å². The van der Waals surface area contributed by atoms with Crippen molar-refractivity contribution >= 4 is 5.69 Å². The molecule has 0 amide bonds. The monoisotopic (exact) mass is 276 g/mol. The fourth-order valence-corrected chi connectivity index (χ4v) is 4.10. The zero-order chi connectivity index (χ0) is 15.0. The Morgan fingerprint density at radius 1 is 1.35 bits per heavy atom. The first kappa shape index (κ1) is 15.2.